The predicted molar refractivity (Wildman–Crippen MR) is 84.8 cm³/mol. The minimum atomic E-state index is -3.33. The third kappa shape index (κ3) is 4.68. The molecular weight excluding hydrogens is 310 g/mol. The molecule has 0 spiro atoms. The van der Waals surface area contributed by atoms with E-state index >= 15 is 0 Å². The van der Waals surface area contributed by atoms with Crippen LogP contribution >= 0.6 is 11.6 Å². The zero-order valence-electron chi connectivity index (χ0n) is 12.3. The Bertz CT molecular complexity index is 556. The lowest BCUT2D eigenvalue weighted by Gasteiger charge is -2.23. The Hall–Kier alpha value is -0.620. The van der Waals surface area contributed by atoms with Crippen molar-refractivity contribution in [1.29, 1.82) is 0 Å². The Kier molecular flexibility index (Phi) is 6.05. The standard InChI is InChI=1S/C15H22ClNO3S/c1-2-17(11-15-7-4-8-20-15)21(18,19)12-14-6-3-5-13(9-14)10-16/h3,5-6,9,15H,2,4,7-8,10-12H2,1H3. The van der Waals surface area contributed by atoms with Gasteiger partial charge >= 0.3 is 0 Å². The van der Waals surface area contributed by atoms with Crippen LogP contribution < -0.4 is 0 Å². The minimum absolute atomic E-state index is 0.0122. The molecule has 1 aromatic carbocycles. The second kappa shape index (κ2) is 7.58. The van der Waals surface area contributed by atoms with Gasteiger partial charge in [-0.3, -0.25) is 0 Å². The Morgan fingerprint density at radius 1 is 1.38 bits per heavy atom. The van der Waals surface area contributed by atoms with Crippen molar-refractivity contribution in [2.45, 2.75) is 37.5 Å². The molecule has 0 bridgehead atoms. The van der Waals surface area contributed by atoms with Crippen molar-refractivity contribution in [2.24, 2.45) is 0 Å². The summed E-state index contributed by atoms with van der Waals surface area (Å²) in [6.45, 7) is 3.52. The first-order chi connectivity index (χ1) is 10.0. The predicted octanol–water partition coefficient (Wildman–Crippen LogP) is 2.76. The summed E-state index contributed by atoms with van der Waals surface area (Å²) in [6, 6.07) is 7.42. The van der Waals surface area contributed by atoms with Crippen LogP contribution in [0.25, 0.3) is 0 Å². The van der Waals surface area contributed by atoms with E-state index in [2.05, 4.69) is 0 Å². The second-order valence-electron chi connectivity index (χ2n) is 5.30. The molecule has 1 aromatic rings. The van der Waals surface area contributed by atoms with Gasteiger partial charge in [-0.05, 0) is 24.0 Å². The van der Waals surface area contributed by atoms with E-state index in [1.807, 2.05) is 31.2 Å². The molecule has 0 radical (unpaired) electrons. The molecule has 2 rings (SSSR count). The monoisotopic (exact) mass is 331 g/mol. The van der Waals surface area contributed by atoms with E-state index in [4.69, 9.17) is 16.3 Å². The van der Waals surface area contributed by atoms with Gasteiger partial charge in [0.2, 0.25) is 10.0 Å². The third-order valence-electron chi connectivity index (χ3n) is 3.67. The highest BCUT2D eigenvalue weighted by Gasteiger charge is 2.26. The van der Waals surface area contributed by atoms with E-state index in [1.165, 1.54) is 4.31 Å². The van der Waals surface area contributed by atoms with Crippen molar-refractivity contribution in [3.63, 3.8) is 0 Å². The first-order valence-electron chi connectivity index (χ1n) is 7.28. The van der Waals surface area contributed by atoms with E-state index in [1.54, 1.807) is 0 Å². The van der Waals surface area contributed by atoms with Gasteiger partial charge in [-0.15, -0.1) is 11.6 Å². The molecular formula is C15H22ClNO3S. The van der Waals surface area contributed by atoms with Crippen LogP contribution in [-0.4, -0.2) is 38.5 Å². The molecule has 0 amide bonds. The molecule has 118 valence electrons. The molecule has 1 aliphatic heterocycles. The second-order valence-corrected chi connectivity index (χ2v) is 7.53. The first-order valence-corrected chi connectivity index (χ1v) is 9.42. The maximum Gasteiger partial charge on any atom is 0.218 e. The molecule has 21 heavy (non-hydrogen) atoms. The number of rotatable bonds is 7. The van der Waals surface area contributed by atoms with Gasteiger partial charge in [0.15, 0.2) is 0 Å². The van der Waals surface area contributed by atoms with Crippen LogP contribution in [0.4, 0.5) is 0 Å². The number of ether oxygens (including phenoxy) is 1. The maximum atomic E-state index is 12.6. The van der Waals surface area contributed by atoms with Crippen LogP contribution in [-0.2, 0) is 26.4 Å². The SMILES string of the molecule is CCN(CC1CCCO1)S(=O)(=O)Cc1cccc(CCl)c1. The average Bonchev–Trinajstić information content (AvgIpc) is 2.97. The molecule has 0 saturated carbocycles. The van der Waals surface area contributed by atoms with Crippen molar-refractivity contribution in [3.05, 3.63) is 35.4 Å². The number of sulfonamides is 1. The molecule has 4 nitrogen and oxygen atoms in total. The minimum Gasteiger partial charge on any atom is -0.377 e. The number of benzene rings is 1. The summed E-state index contributed by atoms with van der Waals surface area (Å²) in [5.74, 6) is 0.402. The van der Waals surface area contributed by atoms with Crippen LogP contribution in [0.2, 0.25) is 0 Å². The Morgan fingerprint density at radius 2 is 2.14 bits per heavy atom. The summed E-state index contributed by atoms with van der Waals surface area (Å²) < 4.78 is 32.2. The Balaban J connectivity index is 2.07. The highest BCUT2D eigenvalue weighted by Crippen LogP contribution is 2.18. The van der Waals surface area contributed by atoms with Crippen molar-refractivity contribution in [3.8, 4) is 0 Å². The van der Waals surface area contributed by atoms with E-state index < -0.39 is 10.0 Å². The summed E-state index contributed by atoms with van der Waals surface area (Å²) in [5.41, 5.74) is 1.71. The van der Waals surface area contributed by atoms with Crippen LogP contribution in [0.15, 0.2) is 24.3 Å². The van der Waals surface area contributed by atoms with Gasteiger partial charge in [0, 0.05) is 25.6 Å². The molecule has 1 heterocycles. The average molecular weight is 332 g/mol. The Morgan fingerprint density at radius 3 is 2.76 bits per heavy atom. The summed E-state index contributed by atoms with van der Waals surface area (Å²) >= 11 is 5.80. The lowest BCUT2D eigenvalue weighted by molar-refractivity contribution is 0.0946. The normalized spacial score (nSPS) is 19.3. The number of hydrogen-bond acceptors (Lipinski definition) is 3. The molecule has 6 heteroatoms. The smallest absolute Gasteiger partial charge is 0.218 e. The van der Waals surface area contributed by atoms with E-state index in [0.717, 1.165) is 30.6 Å². The van der Waals surface area contributed by atoms with Gasteiger partial charge in [0.05, 0.1) is 11.9 Å². The lowest BCUT2D eigenvalue weighted by atomic mass is 10.2. The highest BCUT2D eigenvalue weighted by atomic mass is 35.5. The molecule has 1 fully saturated rings. The largest absolute Gasteiger partial charge is 0.377 e. The van der Waals surface area contributed by atoms with Gasteiger partial charge in [-0.2, -0.15) is 4.31 Å². The molecule has 1 unspecified atom stereocenters. The number of nitrogens with zero attached hydrogens (tertiary/aromatic N) is 1. The van der Waals surface area contributed by atoms with Crippen LogP contribution in [0.3, 0.4) is 0 Å². The van der Waals surface area contributed by atoms with Gasteiger partial charge in [-0.25, -0.2) is 8.42 Å². The topological polar surface area (TPSA) is 46.6 Å². The zero-order chi connectivity index (χ0) is 15.3. The van der Waals surface area contributed by atoms with Gasteiger partial charge < -0.3 is 4.74 Å². The zero-order valence-corrected chi connectivity index (χ0v) is 13.9. The van der Waals surface area contributed by atoms with Crippen molar-refractivity contribution in [2.75, 3.05) is 19.7 Å². The van der Waals surface area contributed by atoms with Crippen LogP contribution in [0.5, 0.6) is 0 Å². The fourth-order valence-electron chi connectivity index (χ4n) is 2.56. The van der Waals surface area contributed by atoms with Crippen LogP contribution in [0, 0.1) is 0 Å². The van der Waals surface area contributed by atoms with Gasteiger partial charge in [0.25, 0.3) is 0 Å². The molecule has 1 saturated heterocycles. The number of alkyl halides is 1. The molecule has 0 aliphatic carbocycles. The summed E-state index contributed by atoms with van der Waals surface area (Å²) in [5, 5.41) is 0. The van der Waals surface area contributed by atoms with Crippen LogP contribution in [0.1, 0.15) is 30.9 Å². The van der Waals surface area contributed by atoms with Crippen molar-refractivity contribution in [1.82, 2.24) is 4.31 Å². The number of hydrogen-bond donors (Lipinski definition) is 0. The van der Waals surface area contributed by atoms with E-state index in [-0.39, 0.29) is 11.9 Å². The molecule has 0 aromatic heterocycles. The molecule has 1 aliphatic rings. The van der Waals surface area contributed by atoms with Gasteiger partial charge in [0.1, 0.15) is 0 Å². The summed E-state index contributed by atoms with van der Waals surface area (Å²) in [6.07, 6.45) is 1.99. The number of halogens is 1. The van der Waals surface area contributed by atoms with E-state index in [9.17, 15) is 8.42 Å². The fraction of sp³-hybridized carbons (Fsp3) is 0.600. The Labute approximate surface area is 132 Å². The summed E-state index contributed by atoms with van der Waals surface area (Å²) in [7, 11) is -3.33. The van der Waals surface area contributed by atoms with Crippen molar-refractivity contribution >= 4 is 21.6 Å². The number of likely N-dealkylation sites (N-methyl/N-ethyl adjacent to an activating group) is 1. The quantitative estimate of drug-likeness (QED) is 0.722. The molecule has 1 atom stereocenters. The fourth-order valence-corrected chi connectivity index (χ4v) is 4.30. The summed E-state index contributed by atoms with van der Waals surface area (Å²) in [4.78, 5) is 0. The highest BCUT2D eigenvalue weighted by molar-refractivity contribution is 7.88. The van der Waals surface area contributed by atoms with Gasteiger partial charge in [-0.1, -0.05) is 31.2 Å². The first kappa shape index (κ1) is 16.7. The van der Waals surface area contributed by atoms with E-state index in [0.29, 0.717) is 19.0 Å². The maximum absolute atomic E-state index is 12.6. The van der Waals surface area contributed by atoms with Crippen molar-refractivity contribution < 1.29 is 13.2 Å². The lowest BCUT2D eigenvalue weighted by Crippen LogP contribution is -2.37. The third-order valence-corrected chi connectivity index (χ3v) is 5.87. The molecule has 0 N–H and O–H groups in total.